The number of rotatable bonds is 2. The van der Waals surface area contributed by atoms with Gasteiger partial charge in [-0.1, -0.05) is 17.7 Å². The topological polar surface area (TPSA) is 42.4 Å². The minimum absolute atomic E-state index is 0.0754. The normalized spacial score (nSPS) is 10.1. The lowest BCUT2D eigenvalue weighted by molar-refractivity contribution is 0.398. The van der Waals surface area contributed by atoms with E-state index < -0.39 is 0 Å². The van der Waals surface area contributed by atoms with Gasteiger partial charge in [0, 0.05) is 12.3 Å². The second kappa shape index (κ2) is 4.41. The van der Waals surface area contributed by atoms with E-state index in [0.29, 0.717) is 10.9 Å². The van der Waals surface area contributed by atoms with Crippen molar-refractivity contribution >= 4 is 11.6 Å². The number of methoxy groups -OCH3 is 1. The van der Waals surface area contributed by atoms with Gasteiger partial charge in [0.2, 0.25) is 5.88 Å². The molecule has 2 aromatic rings. The van der Waals surface area contributed by atoms with Crippen LogP contribution in [0.25, 0.3) is 11.1 Å². The van der Waals surface area contributed by atoms with Gasteiger partial charge in [-0.3, -0.25) is 0 Å². The fourth-order valence-electron chi connectivity index (χ4n) is 1.39. The molecule has 0 amide bonds. The van der Waals surface area contributed by atoms with Crippen LogP contribution in [0.5, 0.6) is 11.6 Å². The quantitative estimate of drug-likeness (QED) is 0.870. The van der Waals surface area contributed by atoms with Crippen molar-refractivity contribution < 1.29 is 9.84 Å². The third kappa shape index (κ3) is 2.09. The number of pyridine rings is 1. The van der Waals surface area contributed by atoms with Gasteiger partial charge in [-0.05, 0) is 29.3 Å². The zero-order valence-electron chi connectivity index (χ0n) is 8.64. The molecule has 0 fully saturated rings. The molecule has 0 aliphatic heterocycles. The standard InChI is InChI=1S/C12H10ClNO2/c1-16-12-7-9(4-5-14-12)8-2-3-11(15)10(13)6-8/h2-7,15H,1H3. The Balaban J connectivity index is 2.46. The highest BCUT2D eigenvalue weighted by molar-refractivity contribution is 6.32. The van der Waals surface area contributed by atoms with Gasteiger partial charge in [0.1, 0.15) is 5.75 Å². The molecule has 82 valence electrons. The first-order valence-corrected chi connectivity index (χ1v) is 5.07. The van der Waals surface area contributed by atoms with Crippen LogP contribution in [-0.4, -0.2) is 17.2 Å². The van der Waals surface area contributed by atoms with Gasteiger partial charge in [-0.2, -0.15) is 0 Å². The molecule has 0 spiro atoms. The first-order chi connectivity index (χ1) is 7.70. The van der Waals surface area contributed by atoms with Gasteiger partial charge in [0.05, 0.1) is 12.1 Å². The van der Waals surface area contributed by atoms with Crippen LogP contribution < -0.4 is 4.74 Å². The van der Waals surface area contributed by atoms with E-state index in [2.05, 4.69) is 4.98 Å². The van der Waals surface area contributed by atoms with E-state index in [1.165, 1.54) is 0 Å². The summed E-state index contributed by atoms with van der Waals surface area (Å²) in [6.07, 6.45) is 1.66. The zero-order chi connectivity index (χ0) is 11.5. The summed E-state index contributed by atoms with van der Waals surface area (Å²) in [5, 5.41) is 9.65. The summed E-state index contributed by atoms with van der Waals surface area (Å²) >= 11 is 5.84. The van der Waals surface area contributed by atoms with Gasteiger partial charge in [0.25, 0.3) is 0 Å². The summed E-state index contributed by atoms with van der Waals surface area (Å²) in [5.74, 6) is 0.619. The van der Waals surface area contributed by atoms with E-state index in [9.17, 15) is 5.11 Å². The molecule has 1 heterocycles. The minimum atomic E-state index is 0.0754. The average molecular weight is 236 g/mol. The number of benzene rings is 1. The Bertz CT molecular complexity index is 514. The second-order valence-corrected chi connectivity index (χ2v) is 3.66. The highest BCUT2D eigenvalue weighted by atomic mass is 35.5. The molecule has 1 aromatic heterocycles. The predicted octanol–water partition coefficient (Wildman–Crippen LogP) is 3.12. The first kappa shape index (κ1) is 10.8. The maximum Gasteiger partial charge on any atom is 0.213 e. The number of hydrogen-bond acceptors (Lipinski definition) is 3. The highest BCUT2D eigenvalue weighted by Crippen LogP contribution is 2.30. The number of phenols is 1. The van der Waals surface area contributed by atoms with Crippen molar-refractivity contribution in [2.45, 2.75) is 0 Å². The molecule has 0 aliphatic rings. The maximum atomic E-state index is 9.32. The summed E-state index contributed by atoms with van der Waals surface area (Å²) in [6, 6.07) is 8.71. The molecule has 0 aliphatic carbocycles. The largest absolute Gasteiger partial charge is 0.506 e. The Morgan fingerprint density at radius 2 is 1.94 bits per heavy atom. The zero-order valence-corrected chi connectivity index (χ0v) is 9.40. The van der Waals surface area contributed by atoms with Gasteiger partial charge < -0.3 is 9.84 Å². The summed E-state index contributed by atoms with van der Waals surface area (Å²) in [7, 11) is 1.57. The van der Waals surface area contributed by atoms with Crippen molar-refractivity contribution in [1.82, 2.24) is 4.98 Å². The van der Waals surface area contributed by atoms with Crippen LogP contribution in [0.2, 0.25) is 5.02 Å². The van der Waals surface area contributed by atoms with E-state index in [0.717, 1.165) is 11.1 Å². The van der Waals surface area contributed by atoms with Crippen LogP contribution in [0.3, 0.4) is 0 Å². The summed E-state index contributed by atoms with van der Waals surface area (Å²) in [5.41, 5.74) is 1.84. The van der Waals surface area contributed by atoms with Crippen molar-refractivity contribution in [3.8, 4) is 22.8 Å². The maximum absolute atomic E-state index is 9.32. The van der Waals surface area contributed by atoms with Crippen LogP contribution in [0.4, 0.5) is 0 Å². The van der Waals surface area contributed by atoms with E-state index in [1.54, 1.807) is 31.5 Å². The van der Waals surface area contributed by atoms with E-state index >= 15 is 0 Å². The van der Waals surface area contributed by atoms with E-state index in [4.69, 9.17) is 16.3 Å². The third-order valence-electron chi connectivity index (χ3n) is 2.23. The molecule has 0 radical (unpaired) electrons. The molecule has 0 bridgehead atoms. The monoisotopic (exact) mass is 235 g/mol. The number of phenolic OH excluding ortho intramolecular Hbond substituents is 1. The molecule has 2 rings (SSSR count). The number of aromatic hydroxyl groups is 1. The fraction of sp³-hybridized carbons (Fsp3) is 0.0833. The summed E-state index contributed by atoms with van der Waals surface area (Å²) in [4.78, 5) is 4.02. The molecule has 3 nitrogen and oxygen atoms in total. The van der Waals surface area contributed by atoms with Crippen molar-refractivity contribution in [2.24, 2.45) is 0 Å². The van der Waals surface area contributed by atoms with Crippen molar-refractivity contribution in [3.63, 3.8) is 0 Å². The molecule has 0 saturated heterocycles. The summed E-state index contributed by atoms with van der Waals surface area (Å²) < 4.78 is 5.04. The summed E-state index contributed by atoms with van der Waals surface area (Å²) in [6.45, 7) is 0. The van der Waals surface area contributed by atoms with Crippen molar-refractivity contribution in [3.05, 3.63) is 41.6 Å². The Morgan fingerprint density at radius 1 is 1.19 bits per heavy atom. The van der Waals surface area contributed by atoms with Crippen molar-refractivity contribution in [2.75, 3.05) is 7.11 Å². The molecular formula is C12H10ClNO2. The molecule has 1 N–H and O–H groups in total. The Labute approximate surface area is 98.3 Å². The van der Waals surface area contributed by atoms with Crippen molar-refractivity contribution in [1.29, 1.82) is 0 Å². The molecule has 0 saturated carbocycles. The molecule has 16 heavy (non-hydrogen) atoms. The predicted molar refractivity (Wildman–Crippen MR) is 62.9 cm³/mol. The number of ether oxygens (including phenoxy) is 1. The lowest BCUT2D eigenvalue weighted by Crippen LogP contribution is -1.87. The lowest BCUT2D eigenvalue weighted by atomic mass is 10.1. The van der Waals surface area contributed by atoms with Crippen LogP contribution in [-0.2, 0) is 0 Å². The second-order valence-electron chi connectivity index (χ2n) is 3.25. The molecular weight excluding hydrogens is 226 g/mol. The first-order valence-electron chi connectivity index (χ1n) is 4.69. The number of hydrogen-bond donors (Lipinski definition) is 1. The molecule has 1 aromatic carbocycles. The van der Waals surface area contributed by atoms with Gasteiger partial charge in [0.15, 0.2) is 0 Å². The van der Waals surface area contributed by atoms with Gasteiger partial charge in [-0.25, -0.2) is 4.98 Å². The van der Waals surface area contributed by atoms with Crippen LogP contribution in [0.1, 0.15) is 0 Å². The minimum Gasteiger partial charge on any atom is -0.506 e. The fourth-order valence-corrected chi connectivity index (χ4v) is 1.57. The Morgan fingerprint density at radius 3 is 2.62 bits per heavy atom. The smallest absolute Gasteiger partial charge is 0.213 e. The van der Waals surface area contributed by atoms with Crippen LogP contribution >= 0.6 is 11.6 Å². The number of aromatic nitrogens is 1. The van der Waals surface area contributed by atoms with Gasteiger partial charge >= 0.3 is 0 Å². The third-order valence-corrected chi connectivity index (χ3v) is 2.53. The molecule has 0 unspecified atom stereocenters. The molecule has 4 heteroatoms. The van der Waals surface area contributed by atoms with Gasteiger partial charge in [-0.15, -0.1) is 0 Å². The highest BCUT2D eigenvalue weighted by Gasteiger charge is 2.03. The average Bonchev–Trinajstić information content (AvgIpc) is 2.33. The SMILES string of the molecule is COc1cc(-c2ccc(O)c(Cl)c2)ccn1. The van der Waals surface area contributed by atoms with E-state index in [1.807, 2.05) is 12.1 Å². The Kier molecular flexibility index (Phi) is 2.97. The number of nitrogens with zero attached hydrogens (tertiary/aromatic N) is 1. The van der Waals surface area contributed by atoms with Crippen LogP contribution in [0, 0.1) is 0 Å². The van der Waals surface area contributed by atoms with E-state index in [-0.39, 0.29) is 5.75 Å². The van der Waals surface area contributed by atoms with Crippen LogP contribution in [0.15, 0.2) is 36.5 Å². The number of halogens is 1. The lowest BCUT2D eigenvalue weighted by Gasteiger charge is -2.05. The Hall–Kier alpha value is -1.74. The molecule has 0 atom stereocenters.